The molecule has 7 nitrogen and oxygen atoms in total. The third kappa shape index (κ3) is 5.83. The Morgan fingerprint density at radius 1 is 1.21 bits per heavy atom. The number of carbonyl (C=O) groups excluding carboxylic acids is 2. The van der Waals surface area contributed by atoms with Gasteiger partial charge >= 0.3 is 5.97 Å². The topological polar surface area (TPSA) is 98.5 Å². The number of benzene rings is 1. The molecule has 1 aliphatic rings. The average Bonchev–Trinajstić information content (AvgIpc) is 2.59. The number of nitrogens with zero attached hydrogens (tertiary/aromatic N) is 1. The van der Waals surface area contributed by atoms with Crippen molar-refractivity contribution in [1.82, 2.24) is 5.32 Å². The van der Waals surface area contributed by atoms with Crippen molar-refractivity contribution in [1.29, 1.82) is 0 Å². The molecule has 0 saturated heterocycles. The summed E-state index contributed by atoms with van der Waals surface area (Å²) in [4.78, 5) is 33.4. The lowest BCUT2D eigenvalue weighted by molar-refractivity contribution is -0.384. The van der Waals surface area contributed by atoms with Gasteiger partial charge in [-0.1, -0.05) is 19.3 Å². The maximum atomic E-state index is 11.7. The molecule has 1 saturated carbocycles. The molecular formula is C17H20N2O5. The minimum atomic E-state index is -0.632. The van der Waals surface area contributed by atoms with Crippen LogP contribution in [0.3, 0.4) is 0 Å². The molecule has 128 valence electrons. The standard InChI is InChI=1S/C17H20N2O5/c20-16(18-14-4-2-1-3-5-14)12-24-17(21)11-8-13-6-9-15(10-7-13)19(22)23/h6-11,14H,1-5,12H2,(H,18,20)/b11-8+. The molecule has 0 aliphatic heterocycles. The van der Waals surface area contributed by atoms with Gasteiger partial charge in [0, 0.05) is 24.3 Å². The van der Waals surface area contributed by atoms with E-state index in [4.69, 9.17) is 4.74 Å². The quantitative estimate of drug-likeness (QED) is 0.374. The number of nitro groups is 1. The minimum absolute atomic E-state index is 0.0193. The van der Waals surface area contributed by atoms with Crippen LogP contribution in [0, 0.1) is 10.1 Å². The second-order valence-electron chi connectivity index (χ2n) is 5.69. The highest BCUT2D eigenvalue weighted by Crippen LogP contribution is 2.17. The predicted molar refractivity (Wildman–Crippen MR) is 88.1 cm³/mol. The van der Waals surface area contributed by atoms with Crippen LogP contribution in [0.1, 0.15) is 37.7 Å². The molecule has 1 aromatic rings. The summed E-state index contributed by atoms with van der Waals surface area (Å²) < 4.78 is 4.88. The number of non-ortho nitro benzene ring substituents is 1. The summed E-state index contributed by atoms with van der Waals surface area (Å²) in [6, 6.07) is 5.93. The van der Waals surface area contributed by atoms with E-state index in [0.29, 0.717) is 5.56 Å². The van der Waals surface area contributed by atoms with E-state index < -0.39 is 10.9 Å². The van der Waals surface area contributed by atoms with Crippen molar-refractivity contribution >= 4 is 23.6 Å². The summed E-state index contributed by atoms with van der Waals surface area (Å²) in [6.07, 6.45) is 8.04. The van der Waals surface area contributed by atoms with Crippen molar-refractivity contribution in [2.75, 3.05) is 6.61 Å². The molecule has 1 amide bonds. The molecule has 1 N–H and O–H groups in total. The maximum Gasteiger partial charge on any atom is 0.331 e. The molecular weight excluding hydrogens is 312 g/mol. The summed E-state index contributed by atoms with van der Waals surface area (Å²) in [5, 5.41) is 13.4. The fourth-order valence-electron chi connectivity index (χ4n) is 2.57. The number of hydrogen-bond acceptors (Lipinski definition) is 5. The fourth-order valence-corrected chi connectivity index (χ4v) is 2.57. The van der Waals surface area contributed by atoms with Crippen LogP contribution in [-0.4, -0.2) is 29.4 Å². The molecule has 24 heavy (non-hydrogen) atoms. The molecule has 1 aromatic carbocycles. The van der Waals surface area contributed by atoms with Crippen LogP contribution in [-0.2, 0) is 14.3 Å². The average molecular weight is 332 g/mol. The van der Waals surface area contributed by atoms with Crippen molar-refractivity contribution in [3.8, 4) is 0 Å². The number of nitro benzene ring substituents is 1. The lowest BCUT2D eigenvalue weighted by atomic mass is 9.95. The third-order valence-electron chi connectivity index (χ3n) is 3.83. The first-order valence-corrected chi connectivity index (χ1v) is 7.93. The first-order valence-electron chi connectivity index (χ1n) is 7.93. The summed E-state index contributed by atoms with van der Waals surface area (Å²) in [7, 11) is 0. The molecule has 1 aliphatic carbocycles. The van der Waals surface area contributed by atoms with Crippen molar-refractivity contribution in [2.45, 2.75) is 38.1 Å². The SMILES string of the molecule is O=C(COC(=O)/C=C/c1ccc([N+](=O)[O-])cc1)NC1CCCCC1. The summed E-state index contributed by atoms with van der Waals surface area (Å²) in [6.45, 7) is -0.306. The van der Waals surface area contributed by atoms with Crippen LogP contribution in [0.15, 0.2) is 30.3 Å². The first kappa shape index (κ1) is 17.7. The maximum absolute atomic E-state index is 11.7. The Balaban J connectivity index is 1.73. The highest BCUT2D eigenvalue weighted by molar-refractivity contribution is 5.89. The van der Waals surface area contributed by atoms with E-state index in [0.717, 1.165) is 25.7 Å². The van der Waals surface area contributed by atoms with Gasteiger partial charge in [-0.3, -0.25) is 14.9 Å². The van der Waals surface area contributed by atoms with E-state index in [1.54, 1.807) is 0 Å². The normalized spacial score (nSPS) is 15.2. The molecule has 1 fully saturated rings. The number of ether oxygens (including phenoxy) is 1. The number of amides is 1. The molecule has 2 rings (SSSR count). The molecule has 7 heteroatoms. The third-order valence-corrected chi connectivity index (χ3v) is 3.83. The number of carbonyl (C=O) groups is 2. The van der Waals surface area contributed by atoms with E-state index >= 15 is 0 Å². The summed E-state index contributed by atoms with van der Waals surface area (Å²) >= 11 is 0. The molecule has 0 radical (unpaired) electrons. The number of rotatable bonds is 6. The van der Waals surface area contributed by atoms with E-state index in [2.05, 4.69) is 5.32 Å². The van der Waals surface area contributed by atoms with E-state index in [1.807, 2.05) is 0 Å². The lowest BCUT2D eigenvalue weighted by Gasteiger charge is -2.22. The second-order valence-corrected chi connectivity index (χ2v) is 5.69. The zero-order chi connectivity index (χ0) is 17.4. The van der Waals surface area contributed by atoms with Gasteiger partial charge in [-0.2, -0.15) is 0 Å². The summed E-state index contributed by atoms with van der Waals surface area (Å²) in [5.41, 5.74) is 0.610. The van der Waals surface area contributed by atoms with Crippen LogP contribution in [0.4, 0.5) is 5.69 Å². The van der Waals surface area contributed by atoms with Crippen molar-refractivity contribution < 1.29 is 19.2 Å². The van der Waals surface area contributed by atoms with Gasteiger partial charge in [-0.05, 0) is 36.6 Å². The predicted octanol–water partition coefficient (Wildman–Crippen LogP) is 2.60. The highest BCUT2D eigenvalue weighted by Gasteiger charge is 2.16. The van der Waals surface area contributed by atoms with E-state index in [-0.39, 0.29) is 24.2 Å². The Morgan fingerprint density at radius 3 is 2.50 bits per heavy atom. The largest absolute Gasteiger partial charge is 0.452 e. The van der Waals surface area contributed by atoms with Crippen LogP contribution >= 0.6 is 0 Å². The first-order chi connectivity index (χ1) is 11.5. The molecule has 0 aromatic heterocycles. The molecule has 0 bridgehead atoms. The van der Waals surface area contributed by atoms with Crippen molar-refractivity contribution in [2.24, 2.45) is 0 Å². The van der Waals surface area contributed by atoms with Crippen LogP contribution in [0.25, 0.3) is 6.08 Å². The van der Waals surface area contributed by atoms with Gasteiger partial charge in [0.1, 0.15) is 0 Å². The van der Waals surface area contributed by atoms with Gasteiger partial charge in [0.25, 0.3) is 11.6 Å². The Labute approximate surface area is 139 Å². The minimum Gasteiger partial charge on any atom is -0.452 e. The molecule has 0 unspecified atom stereocenters. The Hall–Kier alpha value is -2.70. The van der Waals surface area contributed by atoms with Gasteiger partial charge in [-0.25, -0.2) is 4.79 Å². The lowest BCUT2D eigenvalue weighted by Crippen LogP contribution is -2.38. The Kier molecular flexibility index (Phi) is 6.48. The van der Waals surface area contributed by atoms with Gasteiger partial charge in [0.2, 0.25) is 0 Å². The fraction of sp³-hybridized carbons (Fsp3) is 0.412. The molecule has 0 atom stereocenters. The molecule has 0 heterocycles. The van der Waals surface area contributed by atoms with Gasteiger partial charge in [0.15, 0.2) is 6.61 Å². The Morgan fingerprint density at radius 2 is 1.88 bits per heavy atom. The zero-order valence-electron chi connectivity index (χ0n) is 13.3. The van der Waals surface area contributed by atoms with Crippen LogP contribution in [0.2, 0.25) is 0 Å². The van der Waals surface area contributed by atoms with Gasteiger partial charge in [-0.15, -0.1) is 0 Å². The zero-order valence-corrected chi connectivity index (χ0v) is 13.3. The van der Waals surface area contributed by atoms with Crippen molar-refractivity contribution in [3.63, 3.8) is 0 Å². The number of hydrogen-bond donors (Lipinski definition) is 1. The number of nitrogens with one attached hydrogen (secondary N) is 1. The van der Waals surface area contributed by atoms with Gasteiger partial charge < -0.3 is 10.1 Å². The number of esters is 1. The van der Waals surface area contributed by atoms with Gasteiger partial charge in [0.05, 0.1) is 4.92 Å². The second kappa shape index (κ2) is 8.81. The smallest absolute Gasteiger partial charge is 0.331 e. The van der Waals surface area contributed by atoms with E-state index in [9.17, 15) is 19.7 Å². The summed E-state index contributed by atoms with van der Waals surface area (Å²) in [5.74, 6) is -0.925. The van der Waals surface area contributed by atoms with Crippen molar-refractivity contribution in [3.05, 3.63) is 46.0 Å². The Bertz CT molecular complexity index is 618. The molecule has 0 spiro atoms. The highest BCUT2D eigenvalue weighted by atomic mass is 16.6. The monoisotopic (exact) mass is 332 g/mol. The van der Waals surface area contributed by atoms with Crippen LogP contribution in [0.5, 0.6) is 0 Å². The van der Waals surface area contributed by atoms with Crippen LogP contribution < -0.4 is 5.32 Å². The van der Waals surface area contributed by atoms with E-state index in [1.165, 1.54) is 42.8 Å².